The molecular formula is C19H24N6O2. The van der Waals surface area contributed by atoms with Crippen LogP contribution < -0.4 is 10.2 Å². The fourth-order valence-electron chi connectivity index (χ4n) is 3.64. The van der Waals surface area contributed by atoms with Crippen molar-refractivity contribution in [2.24, 2.45) is 7.05 Å². The smallest absolute Gasteiger partial charge is 0.276 e. The van der Waals surface area contributed by atoms with Gasteiger partial charge < -0.3 is 15.1 Å². The number of hydrogen-bond donors (Lipinski definition) is 1. The molecule has 4 rings (SSSR count). The fourth-order valence-corrected chi connectivity index (χ4v) is 3.64. The molecule has 27 heavy (non-hydrogen) atoms. The van der Waals surface area contributed by atoms with Crippen LogP contribution >= 0.6 is 0 Å². The first-order valence-corrected chi connectivity index (χ1v) is 9.21. The summed E-state index contributed by atoms with van der Waals surface area (Å²) in [5, 5.41) is 7.09. The molecular weight excluding hydrogens is 344 g/mol. The largest absolute Gasteiger partial charge is 0.319 e. The van der Waals surface area contributed by atoms with Gasteiger partial charge in [-0.1, -0.05) is 12.1 Å². The number of likely N-dealkylation sites (N-methyl/N-ethyl adjacent to an activating group) is 1. The molecule has 2 amide bonds. The van der Waals surface area contributed by atoms with Crippen LogP contribution in [0, 0.1) is 0 Å². The molecule has 3 heterocycles. The maximum absolute atomic E-state index is 13.2. The van der Waals surface area contributed by atoms with Crippen molar-refractivity contribution < 1.29 is 9.59 Å². The van der Waals surface area contributed by atoms with Gasteiger partial charge in [0, 0.05) is 46.2 Å². The van der Waals surface area contributed by atoms with E-state index in [1.165, 1.54) is 4.68 Å². The number of benzene rings is 1. The van der Waals surface area contributed by atoms with Crippen LogP contribution in [0.2, 0.25) is 0 Å². The Morgan fingerprint density at radius 1 is 1.11 bits per heavy atom. The molecule has 0 spiro atoms. The number of carbonyl (C=O) groups excluding carboxylic acids is 2. The van der Waals surface area contributed by atoms with Gasteiger partial charge in [0.1, 0.15) is 5.69 Å². The van der Waals surface area contributed by atoms with Crippen LogP contribution in [0.15, 0.2) is 30.5 Å². The van der Waals surface area contributed by atoms with Gasteiger partial charge in [-0.05, 0) is 19.2 Å². The van der Waals surface area contributed by atoms with E-state index in [4.69, 9.17) is 0 Å². The lowest BCUT2D eigenvalue weighted by Gasteiger charge is -2.32. The van der Waals surface area contributed by atoms with E-state index in [-0.39, 0.29) is 11.8 Å². The van der Waals surface area contributed by atoms with E-state index in [1.807, 2.05) is 24.3 Å². The molecule has 1 aromatic carbocycles. The lowest BCUT2D eigenvalue weighted by atomic mass is 10.2. The first kappa shape index (κ1) is 17.7. The highest BCUT2D eigenvalue weighted by Gasteiger charge is 2.32. The van der Waals surface area contributed by atoms with Gasteiger partial charge in [-0.15, -0.1) is 0 Å². The lowest BCUT2D eigenvalue weighted by molar-refractivity contribution is -0.118. The van der Waals surface area contributed by atoms with Gasteiger partial charge >= 0.3 is 0 Å². The van der Waals surface area contributed by atoms with Gasteiger partial charge in [0.2, 0.25) is 5.91 Å². The molecule has 0 saturated carbocycles. The number of rotatable bonds is 3. The molecule has 0 radical (unpaired) electrons. The van der Waals surface area contributed by atoms with Crippen LogP contribution in [0.3, 0.4) is 0 Å². The standard InChI is InChI=1S/C19H24N6O2/c1-22-9-11-24(12-10-22)8-7-17(26)25-15-6-4-3-5-14(15)21-19(27)18-16(25)13-20-23(18)2/h3-6,13H,7-12H2,1-2H3,(H,21,27). The Kier molecular flexibility index (Phi) is 4.67. The average Bonchev–Trinajstić information content (AvgIpc) is 2.98. The summed E-state index contributed by atoms with van der Waals surface area (Å²) in [6.07, 6.45) is 1.98. The Morgan fingerprint density at radius 3 is 2.63 bits per heavy atom. The van der Waals surface area contributed by atoms with Crippen LogP contribution in [0.1, 0.15) is 16.9 Å². The minimum absolute atomic E-state index is 0.0351. The molecule has 2 aliphatic rings. The fraction of sp³-hybridized carbons (Fsp3) is 0.421. The highest BCUT2D eigenvalue weighted by Crippen LogP contribution is 2.37. The molecule has 1 saturated heterocycles. The molecule has 0 bridgehead atoms. The Labute approximate surface area is 158 Å². The Morgan fingerprint density at radius 2 is 1.85 bits per heavy atom. The predicted octanol–water partition coefficient (Wildman–Crippen LogP) is 1.29. The highest BCUT2D eigenvalue weighted by molar-refractivity contribution is 6.16. The molecule has 1 aromatic heterocycles. The molecule has 2 aliphatic heterocycles. The number of anilines is 3. The second-order valence-corrected chi connectivity index (χ2v) is 7.10. The summed E-state index contributed by atoms with van der Waals surface area (Å²) in [5.41, 5.74) is 2.23. The van der Waals surface area contributed by atoms with Gasteiger partial charge in [-0.25, -0.2) is 0 Å². The maximum Gasteiger partial charge on any atom is 0.276 e. The monoisotopic (exact) mass is 368 g/mol. The zero-order valence-corrected chi connectivity index (χ0v) is 15.7. The second kappa shape index (κ2) is 7.13. The highest BCUT2D eigenvalue weighted by atomic mass is 16.2. The summed E-state index contributed by atoms with van der Waals surface area (Å²) in [4.78, 5) is 32.1. The van der Waals surface area contributed by atoms with Gasteiger partial charge in [0.05, 0.1) is 23.3 Å². The zero-order valence-electron chi connectivity index (χ0n) is 15.7. The number of para-hydroxylation sites is 2. The van der Waals surface area contributed by atoms with Gasteiger partial charge in [0.15, 0.2) is 0 Å². The number of nitrogens with one attached hydrogen (secondary N) is 1. The number of aryl methyl sites for hydroxylation is 1. The van der Waals surface area contributed by atoms with E-state index >= 15 is 0 Å². The second-order valence-electron chi connectivity index (χ2n) is 7.10. The summed E-state index contributed by atoms with van der Waals surface area (Å²) >= 11 is 0. The third kappa shape index (κ3) is 3.33. The van der Waals surface area contributed by atoms with Crippen LogP contribution in [0.4, 0.5) is 17.1 Å². The van der Waals surface area contributed by atoms with Crippen molar-refractivity contribution in [2.45, 2.75) is 6.42 Å². The van der Waals surface area contributed by atoms with Crippen molar-refractivity contribution in [1.29, 1.82) is 0 Å². The van der Waals surface area contributed by atoms with Crippen molar-refractivity contribution in [3.05, 3.63) is 36.2 Å². The maximum atomic E-state index is 13.2. The van der Waals surface area contributed by atoms with Crippen molar-refractivity contribution in [3.63, 3.8) is 0 Å². The molecule has 0 aliphatic carbocycles. The van der Waals surface area contributed by atoms with Crippen LogP contribution in [-0.4, -0.2) is 71.2 Å². The molecule has 0 unspecified atom stereocenters. The molecule has 142 valence electrons. The quantitative estimate of drug-likeness (QED) is 0.884. The van der Waals surface area contributed by atoms with E-state index in [0.717, 1.165) is 26.2 Å². The molecule has 1 N–H and O–H groups in total. The van der Waals surface area contributed by atoms with E-state index in [9.17, 15) is 9.59 Å². The molecule has 8 nitrogen and oxygen atoms in total. The third-order valence-corrected chi connectivity index (χ3v) is 5.26. The van der Waals surface area contributed by atoms with Crippen LogP contribution in [-0.2, 0) is 11.8 Å². The van der Waals surface area contributed by atoms with E-state index in [2.05, 4.69) is 27.3 Å². The Balaban J connectivity index is 1.61. The van der Waals surface area contributed by atoms with Crippen molar-refractivity contribution in [2.75, 3.05) is 50.0 Å². The number of amides is 2. The molecule has 8 heteroatoms. The minimum atomic E-state index is -0.258. The number of nitrogens with zero attached hydrogens (tertiary/aromatic N) is 5. The number of carbonyl (C=O) groups is 2. The first-order valence-electron chi connectivity index (χ1n) is 9.21. The van der Waals surface area contributed by atoms with Crippen molar-refractivity contribution in [1.82, 2.24) is 19.6 Å². The topological polar surface area (TPSA) is 73.7 Å². The minimum Gasteiger partial charge on any atom is -0.319 e. The van der Waals surface area contributed by atoms with Crippen molar-refractivity contribution >= 4 is 28.9 Å². The van der Waals surface area contributed by atoms with Gasteiger partial charge in [-0.3, -0.25) is 19.2 Å². The molecule has 2 aromatic rings. The summed E-state index contributed by atoms with van der Waals surface area (Å²) in [6.45, 7) is 4.69. The summed E-state index contributed by atoms with van der Waals surface area (Å²) < 4.78 is 1.51. The number of aromatic nitrogens is 2. The van der Waals surface area contributed by atoms with Crippen LogP contribution in [0.5, 0.6) is 0 Å². The lowest BCUT2D eigenvalue weighted by Crippen LogP contribution is -2.45. The summed E-state index contributed by atoms with van der Waals surface area (Å²) in [7, 11) is 3.83. The summed E-state index contributed by atoms with van der Waals surface area (Å²) in [6, 6.07) is 7.38. The average molecular weight is 368 g/mol. The predicted molar refractivity (Wildman–Crippen MR) is 103 cm³/mol. The van der Waals surface area contributed by atoms with E-state index < -0.39 is 0 Å². The molecule has 0 atom stereocenters. The number of hydrogen-bond acceptors (Lipinski definition) is 5. The Bertz CT molecular complexity index is 869. The number of fused-ring (bicyclic) bond motifs is 2. The summed E-state index contributed by atoms with van der Waals surface area (Å²) in [5.74, 6) is -0.293. The van der Waals surface area contributed by atoms with Crippen LogP contribution in [0.25, 0.3) is 0 Å². The third-order valence-electron chi connectivity index (χ3n) is 5.26. The SMILES string of the molecule is CN1CCN(CCC(=O)N2c3ccccc3NC(=O)c3c2cnn3C)CC1. The van der Waals surface area contributed by atoms with E-state index in [1.54, 1.807) is 18.1 Å². The number of piperazine rings is 1. The Hall–Kier alpha value is -2.71. The van der Waals surface area contributed by atoms with Gasteiger partial charge in [0.25, 0.3) is 5.91 Å². The van der Waals surface area contributed by atoms with Gasteiger partial charge in [-0.2, -0.15) is 5.10 Å². The zero-order chi connectivity index (χ0) is 19.0. The normalized spacial score (nSPS) is 17.9. The molecule has 1 fully saturated rings. The first-order chi connectivity index (χ1) is 13.0. The van der Waals surface area contributed by atoms with E-state index in [0.29, 0.717) is 35.7 Å². The van der Waals surface area contributed by atoms with Crippen molar-refractivity contribution in [3.8, 4) is 0 Å².